The van der Waals surface area contributed by atoms with Crippen LogP contribution in [0.25, 0.3) is 10.8 Å². The van der Waals surface area contributed by atoms with E-state index in [1.807, 2.05) is 18.5 Å². The van der Waals surface area contributed by atoms with Gasteiger partial charge in [-0.2, -0.15) is 0 Å². The fourth-order valence-corrected chi connectivity index (χ4v) is 3.90. The Morgan fingerprint density at radius 3 is 2.90 bits per heavy atom. The molecule has 1 aromatic heterocycles. The molecule has 0 bridgehead atoms. The van der Waals surface area contributed by atoms with Crippen LogP contribution < -0.4 is 10.6 Å². The van der Waals surface area contributed by atoms with E-state index in [9.17, 15) is 0 Å². The summed E-state index contributed by atoms with van der Waals surface area (Å²) < 4.78 is 0. The molecule has 0 aliphatic carbocycles. The van der Waals surface area contributed by atoms with Crippen molar-refractivity contribution >= 4 is 22.1 Å². The topological polar surface area (TPSA) is 45.4 Å². The summed E-state index contributed by atoms with van der Waals surface area (Å²) in [5, 5.41) is 2.30. The molecule has 2 saturated heterocycles. The van der Waals surface area contributed by atoms with E-state index in [0.717, 1.165) is 30.2 Å². The number of rotatable bonds is 1. The molecule has 4 nitrogen and oxygen atoms in total. The maximum Gasteiger partial charge on any atom is 0.0449 e. The molecule has 0 saturated carbocycles. The van der Waals surface area contributed by atoms with Crippen LogP contribution in [0.5, 0.6) is 0 Å². The van der Waals surface area contributed by atoms with Crippen molar-refractivity contribution in [1.29, 1.82) is 0 Å². The number of aromatic nitrogens is 1. The number of hydrogen-bond acceptors (Lipinski definition) is 4. The van der Waals surface area contributed by atoms with Crippen molar-refractivity contribution in [1.82, 2.24) is 9.88 Å². The first-order chi connectivity index (χ1) is 10.3. The van der Waals surface area contributed by atoms with Gasteiger partial charge in [0.25, 0.3) is 0 Å². The van der Waals surface area contributed by atoms with E-state index in [-0.39, 0.29) is 0 Å². The number of nitrogens with zero attached hydrogens (tertiary/aromatic N) is 3. The second-order valence-electron chi connectivity index (χ2n) is 6.23. The predicted molar refractivity (Wildman–Crippen MR) is 87.6 cm³/mol. The van der Waals surface area contributed by atoms with Gasteiger partial charge in [0.2, 0.25) is 0 Å². The summed E-state index contributed by atoms with van der Waals surface area (Å²) in [6, 6.07) is 7.03. The standard InChI is InChI=1S/C17H22N4/c18-16-4-5-17(14-6-7-19-11-15(14)16)21-10-2-9-20-8-1-3-13(20)12-21/h4-7,11,13H,1-3,8-10,12,18H2. The molecule has 1 atom stereocenters. The first-order valence-corrected chi connectivity index (χ1v) is 7.94. The smallest absolute Gasteiger partial charge is 0.0449 e. The largest absolute Gasteiger partial charge is 0.398 e. The first-order valence-electron chi connectivity index (χ1n) is 7.94. The van der Waals surface area contributed by atoms with E-state index in [0.29, 0.717) is 0 Å². The Morgan fingerprint density at radius 2 is 1.95 bits per heavy atom. The highest BCUT2D eigenvalue weighted by molar-refractivity contribution is 6.00. The molecule has 1 aromatic carbocycles. The first kappa shape index (κ1) is 12.9. The zero-order valence-corrected chi connectivity index (χ0v) is 12.3. The van der Waals surface area contributed by atoms with Gasteiger partial charge in [-0.15, -0.1) is 0 Å². The fourth-order valence-electron chi connectivity index (χ4n) is 3.90. The zero-order chi connectivity index (χ0) is 14.2. The lowest BCUT2D eigenvalue weighted by Gasteiger charge is -2.28. The maximum absolute atomic E-state index is 6.10. The molecule has 4 rings (SSSR count). The molecule has 2 N–H and O–H groups in total. The predicted octanol–water partition coefficient (Wildman–Crippen LogP) is 2.49. The van der Waals surface area contributed by atoms with Crippen LogP contribution in [-0.4, -0.2) is 42.1 Å². The van der Waals surface area contributed by atoms with Crippen molar-refractivity contribution in [3.8, 4) is 0 Å². The zero-order valence-electron chi connectivity index (χ0n) is 12.3. The summed E-state index contributed by atoms with van der Waals surface area (Å²) >= 11 is 0. The molecule has 0 radical (unpaired) electrons. The Balaban J connectivity index is 1.74. The van der Waals surface area contributed by atoms with Crippen LogP contribution in [-0.2, 0) is 0 Å². The number of nitrogens with two attached hydrogens (primary N) is 1. The van der Waals surface area contributed by atoms with Crippen molar-refractivity contribution in [3.63, 3.8) is 0 Å². The van der Waals surface area contributed by atoms with Crippen molar-refractivity contribution in [2.75, 3.05) is 36.8 Å². The highest BCUT2D eigenvalue weighted by Crippen LogP contribution is 2.32. The Kier molecular flexibility index (Phi) is 3.19. The Morgan fingerprint density at radius 1 is 1.05 bits per heavy atom. The van der Waals surface area contributed by atoms with Crippen molar-refractivity contribution in [2.24, 2.45) is 0 Å². The number of nitrogen functional groups attached to an aromatic ring is 1. The minimum absolute atomic E-state index is 0.724. The third-order valence-corrected chi connectivity index (χ3v) is 4.97. The van der Waals surface area contributed by atoms with Gasteiger partial charge >= 0.3 is 0 Å². The lowest BCUT2D eigenvalue weighted by molar-refractivity contribution is 0.273. The molecule has 21 heavy (non-hydrogen) atoms. The highest BCUT2D eigenvalue weighted by Gasteiger charge is 2.29. The summed E-state index contributed by atoms with van der Waals surface area (Å²) in [5.74, 6) is 0. The molecule has 110 valence electrons. The van der Waals surface area contributed by atoms with E-state index >= 15 is 0 Å². The minimum Gasteiger partial charge on any atom is -0.398 e. The minimum atomic E-state index is 0.724. The summed E-state index contributed by atoms with van der Waals surface area (Å²) in [6.07, 6.45) is 7.68. The molecular weight excluding hydrogens is 260 g/mol. The number of pyridine rings is 1. The average molecular weight is 282 g/mol. The van der Waals surface area contributed by atoms with E-state index in [4.69, 9.17) is 5.73 Å². The fraction of sp³-hybridized carbons (Fsp3) is 0.471. The summed E-state index contributed by atoms with van der Waals surface area (Å²) in [7, 11) is 0. The number of fused-ring (bicyclic) bond motifs is 2. The van der Waals surface area contributed by atoms with Gasteiger partial charge in [-0.1, -0.05) is 0 Å². The molecule has 2 aromatic rings. The van der Waals surface area contributed by atoms with Crippen LogP contribution >= 0.6 is 0 Å². The van der Waals surface area contributed by atoms with E-state index in [1.54, 1.807) is 0 Å². The van der Waals surface area contributed by atoms with Gasteiger partial charge in [0, 0.05) is 60.2 Å². The van der Waals surface area contributed by atoms with Crippen molar-refractivity contribution in [2.45, 2.75) is 25.3 Å². The van der Waals surface area contributed by atoms with Crippen LogP contribution in [0.3, 0.4) is 0 Å². The molecule has 1 unspecified atom stereocenters. The number of hydrogen-bond donors (Lipinski definition) is 1. The molecule has 0 spiro atoms. The quantitative estimate of drug-likeness (QED) is 0.816. The Bertz CT molecular complexity index is 654. The third-order valence-electron chi connectivity index (χ3n) is 4.97. The van der Waals surface area contributed by atoms with Crippen molar-refractivity contribution in [3.05, 3.63) is 30.6 Å². The van der Waals surface area contributed by atoms with Gasteiger partial charge in [0.1, 0.15) is 0 Å². The van der Waals surface area contributed by atoms with Crippen LogP contribution in [0.15, 0.2) is 30.6 Å². The molecular formula is C17H22N4. The average Bonchev–Trinajstić information content (AvgIpc) is 2.85. The Hall–Kier alpha value is -1.81. The highest BCUT2D eigenvalue weighted by atomic mass is 15.3. The SMILES string of the molecule is Nc1ccc(N2CCCN3CCCC3C2)c2ccncc12. The van der Waals surface area contributed by atoms with Gasteiger partial charge in [-0.3, -0.25) is 9.88 Å². The second kappa shape index (κ2) is 5.19. The summed E-state index contributed by atoms with van der Waals surface area (Å²) in [6.45, 7) is 4.80. The van der Waals surface area contributed by atoms with E-state index in [1.165, 1.54) is 43.4 Å². The molecule has 3 heterocycles. The lowest BCUT2D eigenvalue weighted by atomic mass is 10.1. The third kappa shape index (κ3) is 2.23. The van der Waals surface area contributed by atoms with Crippen LogP contribution in [0.2, 0.25) is 0 Å². The molecule has 0 amide bonds. The number of benzene rings is 1. The monoisotopic (exact) mass is 282 g/mol. The van der Waals surface area contributed by atoms with Gasteiger partial charge in [0.15, 0.2) is 0 Å². The summed E-state index contributed by atoms with van der Waals surface area (Å²) in [4.78, 5) is 9.45. The van der Waals surface area contributed by atoms with Crippen LogP contribution in [0, 0.1) is 0 Å². The normalized spacial score (nSPS) is 23.2. The van der Waals surface area contributed by atoms with Gasteiger partial charge in [-0.25, -0.2) is 0 Å². The van der Waals surface area contributed by atoms with Gasteiger partial charge < -0.3 is 10.6 Å². The Labute approximate surface area is 125 Å². The maximum atomic E-state index is 6.10. The van der Waals surface area contributed by atoms with Crippen LogP contribution in [0.4, 0.5) is 11.4 Å². The summed E-state index contributed by atoms with van der Waals surface area (Å²) in [5.41, 5.74) is 8.24. The lowest BCUT2D eigenvalue weighted by Crippen LogP contribution is -2.36. The van der Waals surface area contributed by atoms with Gasteiger partial charge in [-0.05, 0) is 44.0 Å². The molecule has 2 aliphatic rings. The van der Waals surface area contributed by atoms with Crippen molar-refractivity contribution < 1.29 is 0 Å². The molecule has 4 heteroatoms. The van der Waals surface area contributed by atoms with Gasteiger partial charge in [0.05, 0.1) is 0 Å². The second-order valence-corrected chi connectivity index (χ2v) is 6.23. The molecule has 2 aliphatic heterocycles. The number of anilines is 2. The van der Waals surface area contributed by atoms with E-state index < -0.39 is 0 Å². The van der Waals surface area contributed by atoms with Crippen LogP contribution in [0.1, 0.15) is 19.3 Å². The molecule has 2 fully saturated rings. The van der Waals surface area contributed by atoms with E-state index in [2.05, 4.69) is 26.9 Å².